The number of hydrogen-bond donors (Lipinski definition) is 1. The molecule has 0 aromatic heterocycles. The molecule has 3 nitrogen and oxygen atoms in total. The van der Waals surface area contributed by atoms with Crippen LogP contribution < -0.4 is 0 Å². The molecule has 0 aliphatic heterocycles. The first-order valence-electron chi connectivity index (χ1n) is 6.91. The number of rotatable bonds is 4. The zero-order chi connectivity index (χ0) is 18.1. The van der Waals surface area contributed by atoms with E-state index < -0.39 is 21.9 Å². The van der Waals surface area contributed by atoms with Gasteiger partial charge in [0.25, 0.3) is 10.1 Å². The standard InChI is InChI=1S/C16H14BrF3O3S/c1-10-2-7-15(24(21,22)23)12(8-10)4-3-11-9-13(16(18,19)20)5-6-14(11)17/h2,5-9H,3-4H2,1H3,(H,21,22,23). The highest BCUT2D eigenvalue weighted by atomic mass is 79.9. The maximum absolute atomic E-state index is 12.8. The molecule has 0 fully saturated rings. The van der Waals surface area contributed by atoms with E-state index in [0.717, 1.165) is 17.7 Å². The highest BCUT2D eigenvalue weighted by molar-refractivity contribution is 9.10. The average Bonchev–Trinajstić information content (AvgIpc) is 2.44. The van der Waals surface area contributed by atoms with Crippen LogP contribution in [0.15, 0.2) is 45.8 Å². The van der Waals surface area contributed by atoms with Crippen molar-refractivity contribution in [1.82, 2.24) is 0 Å². The number of aryl methyl sites for hydroxylation is 3. The van der Waals surface area contributed by atoms with E-state index in [1.54, 1.807) is 19.1 Å². The number of halogens is 4. The summed E-state index contributed by atoms with van der Waals surface area (Å²) in [4.78, 5) is -0.226. The molecule has 0 saturated carbocycles. The average molecular weight is 423 g/mol. The Kier molecular flexibility index (Phi) is 5.41. The molecule has 0 atom stereocenters. The fraction of sp³-hybridized carbons (Fsp3) is 0.250. The van der Waals surface area contributed by atoms with Gasteiger partial charge >= 0.3 is 6.18 Å². The first kappa shape index (κ1) is 19.0. The van der Waals surface area contributed by atoms with Crippen molar-refractivity contribution in [2.75, 3.05) is 0 Å². The summed E-state index contributed by atoms with van der Waals surface area (Å²) in [5.74, 6) is 0. The Labute approximate surface area is 146 Å². The minimum atomic E-state index is -4.45. The summed E-state index contributed by atoms with van der Waals surface area (Å²) in [5.41, 5.74) is 0.801. The molecule has 0 unspecified atom stereocenters. The predicted octanol–water partition coefficient (Wildman–Crippen LogP) is 4.81. The molecule has 0 heterocycles. The maximum atomic E-state index is 12.8. The Morgan fingerprint density at radius 3 is 2.25 bits per heavy atom. The smallest absolute Gasteiger partial charge is 0.282 e. The molecule has 130 valence electrons. The molecule has 2 rings (SSSR count). The van der Waals surface area contributed by atoms with Crippen molar-refractivity contribution in [2.24, 2.45) is 0 Å². The van der Waals surface area contributed by atoms with Gasteiger partial charge < -0.3 is 0 Å². The van der Waals surface area contributed by atoms with Gasteiger partial charge in [0.1, 0.15) is 0 Å². The highest BCUT2D eigenvalue weighted by Gasteiger charge is 2.30. The van der Waals surface area contributed by atoms with Crippen molar-refractivity contribution in [2.45, 2.75) is 30.8 Å². The summed E-state index contributed by atoms with van der Waals surface area (Å²) in [6, 6.07) is 7.77. The third-order valence-electron chi connectivity index (χ3n) is 3.53. The second-order valence-electron chi connectivity index (χ2n) is 5.39. The van der Waals surface area contributed by atoms with Crippen molar-refractivity contribution < 1.29 is 26.1 Å². The van der Waals surface area contributed by atoms with E-state index in [4.69, 9.17) is 0 Å². The van der Waals surface area contributed by atoms with Crippen LogP contribution >= 0.6 is 15.9 Å². The first-order valence-corrected chi connectivity index (χ1v) is 9.14. The third-order valence-corrected chi connectivity index (χ3v) is 5.26. The summed E-state index contributed by atoms with van der Waals surface area (Å²) >= 11 is 3.21. The lowest BCUT2D eigenvalue weighted by atomic mass is 10.0. The minimum absolute atomic E-state index is 0.177. The SMILES string of the molecule is Cc1ccc(S(=O)(=O)O)c(CCc2cc(C(F)(F)F)ccc2Br)c1. The minimum Gasteiger partial charge on any atom is -0.282 e. The van der Waals surface area contributed by atoms with Gasteiger partial charge in [0, 0.05) is 4.47 Å². The molecular formula is C16H14BrF3O3S. The summed E-state index contributed by atoms with van der Waals surface area (Å²) in [6.45, 7) is 1.76. The molecule has 0 radical (unpaired) electrons. The summed E-state index contributed by atoms with van der Waals surface area (Å²) in [5, 5.41) is 0. The van der Waals surface area contributed by atoms with Gasteiger partial charge in [0.2, 0.25) is 0 Å². The van der Waals surface area contributed by atoms with Crippen molar-refractivity contribution >= 4 is 26.0 Å². The molecule has 0 aliphatic rings. The Morgan fingerprint density at radius 1 is 1.04 bits per heavy atom. The van der Waals surface area contributed by atoms with Crippen LogP contribution in [-0.2, 0) is 29.1 Å². The lowest BCUT2D eigenvalue weighted by Crippen LogP contribution is -2.07. The van der Waals surface area contributed by atoms with E-state index in [9.17, 15) is 26.1 Å². The molecule has 24 heavy (non-hydrogen) atoms. The Hall–Kier alpha value is -1.38. The van der Waals surface area contributed by atoms with Gasteiger partial charge in [-0.2, -0.15) is 21.6 Å². The summed E-state index contributed by atoms with van der Waals surface area (Å²) < 4.78 is 71.1. The third kappa shape index (κ3) is 4.58. The van der Waals surface area contributed by atoms with E-state index >= 15 is 0 Å². The van der Waals surface area contributed by atoms with Gasteiger partial charge in [-0.25, -0.2) is 0 Å². The van der Waals surface area contributed by atoms with Crippen LogP contribution in [0.1, 0.15) is 22.3 Å². The lowest BCUT2D eigenvalue weighted by molar-refractivity contribution is -0.137. The Balaban J connectivity index is 2.34. The van der Waals surface area contributed by atoms with E-state index in [1.807, 2.05) is 0 Å². The molecule has 2 aromatic carbocycles. The largest absolute Gasteiger partial charge is 0.416 e. The fourth-order valence-electron chi connectivity index (χ4n) is 2.37. The summed E-state index contributed by atoms with van der Waals surface area (Å²) in [7, 11) is -4.39. The van der Waals surface area contributed by atoms with Crippen molar-refractivity contribution in [1.29, 1.82) is 0 Å². The van der Waals surface area contributed by atoms with Gasteiger partial charge in [-0.15, -0.1) is 0 Å². The van der Waals surface area contributed by atoms with E-state index in [0.29, 0.717) is 15.6 Å². The van der Waals surface area contributed by atoms with Crippen LogP contribution in [-0.4, -0.2) is 13.0 Å². The van der Waals surface area contributed by atoms with Gasteiger partial charge in [-0.05, 0) is 55.2 Å². The van der Waals surface area contributed by atoms with E-state index in [2.05, 4.69) is 15.9 Å². The summed E-state index contributed by atoms with van der Waals surface area (Å²) in [6.07, 6.45) is -4.08. The van der Waals surface area contributed by atoms with Gasteiger partial charge in [-0.1, -0.05) is 33.6 Å². The second-order valence-corrected chi connectivity index (χ2v) is 7.63. The van der Waals surface area contributed by atoms with Gasteiger partial charge in [0.15, 0.2) is 0 Å². The van der Waals surface area contributed by atoms with Gasteiger partial charge in [-0.3, -0.25) is 4.55 Å². The zero-order valence-electron chi connectivity index (χ0n) is 12.6. The van der Waals surface area contributed by atoms with E-state index in [1.165, 1.54) is 12.1 Å². The molecule has 0 bridgehead atoms. The zero-order valence-corrected chi connectivity index (χ0v) is 15.0. The molecule has 0 amide bonds. The second kappa shape index (κ2) is 6.85. The lowest BCUT2D eigenvalue weighted by Gasteiger charge is -2.12. The quantitative estimate of drug-likeness (QED) is 0.719. The van der Waals surface area contributed by atoms with Crippen LogP contribution in [0.3, 0.4) is 0 Å². The molecule has 0 aliphatic carbocycles. The Bertz CT molecular complexity index is 861. The fourth-order valence-corrected chi connectivity index (χ4v) is 3.54. The topological polar surface area (TPSA) is 54.4 Å². The molecule has 0 saturated heterocycles. The highest BCUT2D eigenvalue weighted by Crippen LogP contribution is 2.32. The molecular weight excluding hydrogens is 409 g/mol. The Morgan fingerprint density at radius 2 is 1.67 bits per heavy atom. The van der Waals surface area contributed by atoms with Crippen LogP contribution in [0.4, 0.5) is 13.2 Å². The monoisotopic (exact) mass is 422 g/mol. The van der Waals surface area contributed by atoms with E-state index in [-0.39, 0.29) is 17.7 Å². The van der Waals surface area contributed by atoms with Crippen LogP contribution in [0.2, 0.25) is 0 Å². The molecule has 0 spiro atoms. The van der Waals surface area contributed by atoms with Crippen LogP contribution in [0, 0.1) is 6.92 Å². The molecule has 1 N–H and O–H groups in total. The number of hydrogen-bond acceptors (Lipinski definition) is 2. The first-order chi connectivity index (χ1) is 11.0. The maximum Gasteiger partial charge on any atom is 0.416 e. The van der Waals surface area contributed by atoms with Crippen LogP contribution in [0.25, 0.3) is 0 Å². The van der Waals surface area contributed by atoms with Gasteiger partial charge in [0.05, 0.1) is 10.5 Å². The van der Waals surface area contributed by atoms with Crippen molar-refractivity contribution in [3.8, 4) is 0 Å². The molecule has 8 heteroatoms. The molecule has 2 aromatic rings. The van der Waals surface area contributed by atoms with Crippen LogP contribution in [0.5, 0.6) is 0 Å². The van der Waals surface area contributed by atoms with Crippen molar-refractivity contribution in [3.05, 3.63) is 63.1 Å². The van der Waals surface area contributed by atoms with Crippen molar-refractivity contribution in [3.63, 3.8) is 0 Å². The predicted molar refractivity (Wildman–Crippen MR) is 87.5 cm³/mol. The number of benzene rings is 2. The number of alkyl halides is 3. The normalized spacial score (nSPS) is 12.4.